The number of amides is 2. The lowest BCUT2D eigenvalue weighted by Crippen LogP contribution is -2.51. The van der Waals surface area contributed by atoms with Crippen LogP contribution in [0.5, 0.6) is 0 Å². The first-order valence-corrected chi connectivity index (χ1v) is 15.0. The molecule has 4 saturated heterocycles. The molecule has 1 aromatic rings. The van der Waals surface area contributed by atoms with E-state index in [9.17, 15) is 18.0 Å². The molecule has 4 fully saturated rings. The van der Waals surface area contributed by atoms with E-state index >= 15 is 0 Å². The summed E-state index contributed by atoms with van der Waals surface area (Å²) in [5.41, 5.74) is 0. The molecule has 0 spiro atoms. The second-order valence-corrected chi connectivity index (χ2v) is 12.3. The zero-order valence-electron chi connectivity index (χ0n) is 21.3. The molecule has 0 aliphatic carbocycles. The van der Waals surface area contributed by atoms with Gasteiger partial charge in [-0.1, -0.05) is 0 Å². The summed E-state index contributed by atoms with van der Waals surface area (Å²) in [6, 6.07) is 3.95. The van der Waals surface area contributed by atoms with Crippen LogP contribution in [0.15, 0.2) is 12.1 Å². The van der Waals surface area contributed by atoms with Gasteiger partial charge in [0.2, 0.25) is 21.8 Å². The monoisotopic (exact) mass is 535 g/mol. The minimum absolute atomic E-state index is 0.0736. The van der Waals surface area contributed by atoms with Gasteiger partial charge in [0.05, 0.1) is 11.9 Å². The van der Waals surface area contributed by atoms with Crippen molar-refractivity contribution in [2.45, 2.75) is 38.2 Å². The average Bonchev–Trinajstić information content (AvgIpc) is 3.42. The number of hydrogen-bond acceptors (Lipinski definition) is 10. The van der Waals surface area contributed by atoms with Crippen LogP contribution in [0.3, 0.4) is 0 Å². The molecule has 0 saturated carbocycles. The summed E-state index contributed by atoms with van der Waals surface area (Å²) in [7, 11) is -3.56. The summed E-state index contributed by atoms with van der Waals surface area (Å²) in [6.07, 6.45) is 3.85. The van der Waals surface area contributed by atoms with Gasteiger partial charge >= 0.3 is 0 Å². The van der Waals surface area contributed by atoms with Crippen LogP contribution < -0.4 is 9.80 Å². The Morgan fingerprint density at radius 2 is 1.43 bits per heavy atom. The van der Waals surface area contributed by atoms with E-state index in [2.05, 4.69) is 20.0 Å². The molecule has 1 unspecified atom stereocenters. The Kier molecular flexibility index (Phi) is 8.22. The zero-order chi connectivity index (χ0) is 25.8. The lowest BCUT2D eigenvalue weighted by Gasteiger charge is -2.36. The van der Waals surface area contributed by atoms with Gasteiger partial charge in [-0.05, 0) is 31.4 Å². The Morgan fingerprint density at radius 1 is 0.838 bits per heavy atom. The molecule has 5 rings (SSSR count). The summed E-state index contributed by atoms with van der Waals surface area (Å²) >= 11 is 0. The van der Waals surface area contributed by atoms with E-state index in [4.69, 9.17) is 4.74 Å². The number of aromatic nitrogens is 2. The number of rotatable bonds is 8. The predicted molar refractivity (Wildman–Crippen MR) is 138 cm³/mol. The van der Waals surface area contributed by atoms with Crippen molar-refractivity contribution in [2.24, 2.45) is 0 Å². The molecule has 4 aliphatic heterocycles. The molecule has 2 amide bonds. The van der Waals surface area contributed by atoms with E-state index in [1.807, 2.05) is 17.0 Å². The van der Waals surface area contributed by atoms with E-state index in [0.717, 1.165) is 62.3 Å². The Balaban J connectivity index is 1.07. The van der Waals surface area contributed by atoms with E-state index in [1.165, 1.54) is 10.7 Å². The lowest BCUT2D eigenvalue weighted by molar-refractivity contribution is -0.147. The summed E-state index contributed by atoms with van der Waals surface area (Å²) in [6.45, 7) is 7.30. The number of hydrogen-bond donors (Lipinski definition) is 0. The number of imide groups is 1. The van der Waals surface area contributed by atoms with Gasteiger partial charge in [-0.3, -0.25) is 19.4 Å². The van der Waals surface area contributed by atoms with Crippen LogP contribution in [-0.2, 0) is 24.3 Å². The number of likely N-dealkylation sites (tertiary alicyclic amines) is 1. The Bertz CT molecular complexity index is 1030. The van der Waals surface area contributed by atoms with Crippen LogP contribution in [0.4, 0.5) is 11.6 Å². The molecule has 204 valence electrons. The van der Waals surface area contributed by atoms with Gasteiger partial charge in [0.15, 0.2) is 11.6 Å². The van der Waals surface area contributed by atoms with Gasteiger partial charge in [0.1, 0.15) is 0 Å². The highest BCUT2D eigenvalue weighted by atomic mass is 32.2. The lowest BCUT2D eigenvalue weighted by atomic mass is 10.1. The van der Waals surface area contributed by atoms with E-state index in [0.29, 0.717) is 51.5 Å². The number of piperidine rings is 1. The summed E-state index contributed by atoms with van der Waals surface area (Å²) in [5.74, 6) is 0.809. The smallest absolute Gasteiger partial charge is 0.229 e. The van der Waals surface area contributed by atoms with Crippen LogP contribution in [0, 0.1) is 0 Å². The maximum absolute atomic E-state index is 12.8. The molecule has 0 N–H and O–H groups in total. The predicted octanol–water partition coefficient (Wildman–Crippen LogP) is -0.231. The molecule has 1 atom stereocenters. The molecule has 5 heterocycles. The van der Waals surface area contributed by atoms with Crippen molar-refractivity contribution in [3.05, 3.63) is 12.1 Å². The van der Waals surface area contributed by atoms with Crippen LogP contribution in [0.2, 0.25) is 0 Å². The first-order valence-electron chi connectivity index (χ1n) is 13.4. The number of ether oxygens (including phenoxy) is 1. The highest BCUT2D eigenvalue weighted by Gasteiger charge is 2.31. The molecule has 0 aromatic carbocycles. The standard InChI is InChI=1S/C24H37N7O5S/c32-23-4-1-5-24(33)31(23)16-18-37(34,35)30-14-12-29(13-15-30)22-7-6-21(25-26-22)28-10-8-27(9-11-28)19-20-3-2-17-36-20/h6-7,20H,1-5,8-19H2. The maximum atomic E-state index is 12.8. The highest BCUT2D eigenvalue weighted by Crippen LogP contribution is 2.20. The molecular weight excluding hydrogens is 498 g/mol. The van der Waals surface area contributed by atoms with E-state index in [-0.39, 0.29) is 24.1 Å². The third-order valence-electron chi connectivity index (χ3n) is 7.73. The fourth-order valence-corrected chi connectivity index (χ4v) is 6.86. The molecule has 0 bridgehead atoms. The topological polar surface area (TPSA) is 119 Å². The van der Waals surface area contributed by atoms with Crippen LogP contribution in [0.1, 0.15) is 32.1 Å². The van der Waals surface area contributed by atoms with E-state index < -0.39 is 10.0 Å². The van der Waals surface area contributed by atoms with Crippen LogP contribution >= 0.6 is 0 Å². The fourth-order valence-electron chi connectivity index (χ4n) is 5.47. The molecule has 37 heavy (non-hydrogen) atoms. The second kappa shape index (κ2) is 11.6. The Labute approximate surface area is 218 Å². The molecule has 1 aromatic heterocycles. The van der Waals surface area contributed by atoms with Gasteiger partial charge in [-0.2, -0.15) is 4.31 Å². The van der Waals surface area contributed by atoms with Crippen molar-refractivity contribution in [3.63, 3.8) is 0 Å². The van der Waals surface area contributed by atoms with Gasteiger partial charge < -0.3 is 14.5 Å². The van der Waals surface area contributed by atoms with Crippen molar-refractivity contribution in [1.29, 1.82) is 0 Å². The van der Waals surface area contributed by atoms with Gasteiger partial charge in [0, 0.05) is 84.9 Å². The summed E-state index contributed by atoms with van der Waals surface area (Å²) in [5, 5.41) is 8.89. The summed E-state index contributed by atoms with van der Waals surface area (Å²) in [4.78, 5) is 31.8. The number of piperazine rings is 2. The normalized spacial score (nSPS) is 24.8. The number of sulfonamides is 1. The number of anilines is 2. The third-order valence-corrected chi connectivity index (χ3v) is 9.58. The minimum Gasteiger partial charge on any atom is -0.377 e. The highest BCUT2D eigenvalue weighted by molar-refractivity contribution is 7.89. The maximum Gasteiger partial charge on any atom is 0.229 e. The summed E-state index contributed by atoms with van der Waals surface area (Å²) < 4.78 is 32.9. The van der Waals surface area contributed by atoms with Crippen LogP contribution in [-0.4, -0.2) is 128 Å². The minimum atomic E-state index is -3.56. The zero-order valence-corrected chi connectivity index (χ0v) is 22.1. The quantitative estimate of drug-likeness (QED) is 0.413. The molecule has 12 nitrogen and oxygen atoms in total. The number of nitrogens with zero attached hydrogens (tertiary/aromatic N) is 7. The number of carbonyl (C=O) groups is 2. The van der Waals surface area contributed by atoms with Gasteiger partial charge in [-0.25, -0.2) is 8.42 Å². The van der Waals surface area contributed by atoms with Crippen molar-refractivity contribution < 1.29 is 22.7 Å². The molecule has 13 heteroatoms. The Hall–Kier alpha value is -2.35. The average molecular weight is 536 g/mol. The van der Waals surface area contributed by atoms with Crippen molar-refractivity contribution in [3.8, 4) is 0 Å². The number of carbonyl (C=O) groups excluding carboxylic acids is 2. The van der Waals surface area contributed by atoms with Gasteiger partial charge in [0.25, 0.3) is 0 Å². The van der Waals surface area contributed by atoms with Crippen molar-refractivity contribution >= 4 is 33.5 Å². The van der Waals surface area contributed by atoms with Gasteiger partial charge in [-0.15, -0.1) is 10.2 Å². The molecule has 4 aliphatic rings. The molecular formula is C24H37N7O5S. The second-order valence-electron chi connectivity index (χ2n) is 10.2. The first kappa shape index (κ1) is 26.3. The first-order chi connectivity index (χ1) is 17.9. The SMILES string of the molecule is O=C1CCCC(=O)N1CCS(=O)(=O)N1CCN(c2ccc(N3CCN(CC4CCCO4)CC3)nn2)CC1. The van der Waals surface area contributed by atoms with Crippen LogP contribution in [0.25, 0.3) is 0 Å². The molecule has 0 radical (unpaired) electrons. The third kappa shape index (κ3) is 6.39. The van der Waals surface area contributed by atoms with Crippen molar-refractivity contribution in [1.82, 2.24) is 24.3 Å². The van der Waals surface area contributed by atoms with Crippen molar-refractivity contribution in [2.75, 3.05) is 87.6 Å². The fraction of sp³-hybridized carbons (Fsp3) is 0.750. The van der Waals surface area contributed by atoms with E-state index in [1.54, 1.807) is 0 Å². The largest absolute Gasteiger partial charge is 0.377 e. The Morgan fingerprint density at radius 3 is 1.97 bits per heavy atom.